The molecule has 1 fully saturated rings. The second-order valence-electron chi connectivity index (χ2n) is 6.73. The summed E-state index contributed by atoms with van der Waals surface area (Å²) in [5.41, 5.74) is 3.34. The molecule has 1 aliphatic rings. The molecule has 3 heteroatoms. The van der Waals surface area contributed by atoms with E-state index in [1.54, 1.807) is 0 Å². The fraction of sp³-hybridized carbons (Fsp3) is 0.562. The summed E-state index contributed by atoms with van der Waals surface area (Å²) in [6.45, 7) is 10.9. The molecule has 3 nitrogen and oxygen atoms in total. The van der Waals surface area contributed by atoms with E-state index in [1.165, 1.54) is 5.56 Å². The number of rotatable bonds is 1. The van der Waals surface area contributed by atoms with Crippen LogP contribution < -0.4 is 5.32 Å². The first-order valence-corrected chi connectivity index (χ1v) is 7.07. The number of hydrogen-bond acceptors (Lipinski definition) is 3. The SMILES string of the molecule is C[C@@H]1CNC[C@H]1c1nc2cc(C(C)(C)C)ccc2o1. The van der Waals surface area contributed by atoms with Gasteiger partial charge in [-0.15, -0.1) is 0 Å². The second-order valence-corrected chi connectivity index (χ2v) is 6.73. The van der Waals surface area contributed by atoms with E-state index < -0.39 is 0 Å². The van der Waals surface area contributed by atoms with Crippen molar-refractivity contribution in [1.82, 2.24) is 10.3 Å². The molecule has 0 unspecified atom stereocenters. The maximum atomic E-state index is 5.94. The van der Waals surface area contributed by atoms with Crippen LogP contribution in [0.5, 0.6) is 0 Å². The van der Waals surface area contributed by atoms with Crippen LogP contribution in [0.2, 0.25) is 0 Å². The fourth-order valence-electron chi connectivity index (χ4n) is 2.71. The summed E-state index contributed by atoms with van der Waals surface area (Å²) in [5.74, 6) is 1.89. The first kappa shape index (κ1) is 12.7. The second kappa shape index (κ2) is 4.34. The molecule has 0 aliphatic carbocycles. The van der Waals surface area contributed by atoms with Crippen LogP contribution in [0.1, 0.15) is 45.1 Å². The number of aromatic nitrogens is 1. The van der Waals surface area contributed by atoms with Gasteiger partial charge in [0.1, 0.15) is 5.52 Å². The fourth-order valence-corrected chi connectivity index (χ4v) is 2.71. The van der Waals surface area contributed by atoms with Crippen LogP contribution in [-0.4, -0.2) is 18.1 Å². The Kier molecular flexibility index (Phi) is 2.90. The minimum Gasteiger partial charge on any atom is -0.440 e. The van der Waals surface area contributed by atoms with Crippen LogP contribution in [0.25, 0.3) is 11.1 Å². The Labute approximate surface area is 114 Å². The van der Waals surface area contributed by atoms with Crippen molar-refractivity contribution in [2.24, 2.45) is 5.92 Å². The monoisotopic (exact) mass is 258 g/mol. The van der Waals surface area contributed by atoms with Gasteiger partial charge in [0.25, 0.3) is 0 Å². The Balaban J connectivity index is 2.01. The highest BCUT2D eigenvalue weighted by molar-refractivity contribution is 5.74. The molecule has 3 rings (SSSR count). The molecule has 1 N–H and O–H groups in total. The summed E-state index contributed by atoms with van der Waals surface area (Å²) < 4.78 is 5.94. The van der Waals surface area contributed by atoms with Gasteiger partial charge in [0, 0.05) is 6.54 Å². The molecule has 0 radical (unpaired) electrons. The molecule has 1 saturated heterocycles. The molecule has 0 amide bonds. The van der Waals surface area contributed by atoms with Gasteiger partial charge >= 0.3 is 0 Å². The molecule has 1 aromatic heterocycles. The topological polar surface area (TPSA) is 38.1 Å². The van der Waals surface area contributed by atoms with E-state index in [2.05, 4.69) is 51.2 Å². The predicted molar refractivity (Wildman–Crippen MR) is 77.5 cm³/mol. The van der Waals surface area contributed by atoms with Crippen molar-refractivity contribution >= 4 is 11.1 Å². The lowest BCUT2D eigenvalue weighted by Crippen LogP contribution is -2.10. The molecular formula is C16H22N2O. The molecule has 2 heterocycles. The number of hydrogen-bond donors (Lipinski definition) is 1. The van der Waals surface area contributed by atoms with E-state index >= 15 is 0 Å². The molecular weight excluding hydrogens is 236 g/mol. The minimum atomic E-state index is 0.148. The highest BCUT2D eigenvalue weighted by Gasteiger charge is 2.29. The van der Waals surface area contributed by atoms with Crippen molar-refractivity contribution < 1.29 is 4.42 Å². The highest BCUT2D eigenvalue weighted by Crippen LogP contribution is 2.31. The Morgan fingerprint density at radius 1 is 1.26 bits per heavy atom. The Hall–Kier alpha value is -1.35. The number of nitrogens with zero attached hydrogens (tertiary/aromatic N) is 1. The molecule has 0 bridgehead atoms. The Morgan fingerprint density at radius 2 is 2.05 bits per heavy atom. The van der Waals surface area contributed by atoms with Crippen molar-refractivity contribution in [2.45, 2.75) is 39.0 Å². The number of oxazole rings is 1. The molecule has 0 saturated carbocycles. The summed E-state index contributed by atoms with van der Waals surface area (Å²) in [4.78, 5) is 4.71. The van der Waals surface area contributed by atoms with Crippen LogP contribution in [-0.2, 0) is 5.41 Å². The van der Waals surface area contributed by atoms with Gasteiger partial charge in [-0.1, -0.05) is 33.8 Å². The van der Waals surface area contributed by atoms with Gasteiger partial charge < -0.3 is 9.73 Å². The average Bonchev–Trinajstić information content (AvgIpc) is 2.91. The predicted octanol–water partition coefficient (Wildman–Crippen LogP) is 3.45. The Bertz CT molecular complexity index is 594. The summed E-state index contributed by atoms with van der Waals surface area (Å²) in [6.07, 6.45) is 0. The first-order valence-electron chi connectivity index (χ1n) is 7.07. The van der Waals surface area contributed by atoms with Gasteiger partial charge in [0.2, 0.25) is 0 Å². The van der Waals surface area contributed by atoms with Crippen LogP contribution in [0.15, 0.2) is 22.6 Å². The standard InChI is InChI=1S/C16H22N2O/c1-10-8-17-9-12(10)15-18-13-7-11(16(2,3)4)5-6-14(13)19-15/h5-7,10,12,17H,8-9H2,1-4H3/t10-,12-/m1/s1. The lowest BCUT2D eigenvalue weighted by molar-refractivity contribution is 0.435. The average molecular weight is 258 g/mol. The molecule has 102 valence electrons. The quantitative estimate of drug-likeness (QED) is 0.851. The van der Waals surface area contributed by atoms with Gasteiger partial charge in [0.15, 0.2) is 11.5 Å². The van der Waals surface area contributed by atoms with Crippen LogP contribution in [0.3, 0.4) is 0 Å². The summed E-state index contributed by atoms with van der Waals surface area (Å²) in [5, 5.41) is 3.40. The third kappa shape index (κ3) is 2.27. The maximum Gasteiger partial charge on any atom is 0.200 e. The largest absolute Gasteiger partial charge is 0.440 e. The van der Waals surface area contributed by atoms with Crippen LogP contribution >= 0.6 is 0 Å². The zero-order valence-electron chi connectivity index (χ0n) is 12.2. The van der Waals surface area contributed by atoms with E-state index in [9.17, 15) is 0 Å². The van der Waals surface area contributed by atoms with Gasteiger partial charge in [0.05, 0.1) is 5.92 Å². The lowest BCUT2D eigenvalue weighted by atomic mass is 9.87. The summed E-state index contributed by atoms with van der Waals surface area (Å²) in [7, 11) is 0. The molecule has 2 aromatic rings. The van der Waals surface area contributed by atoms with Gasteiger partial charge in [-0.25, -0.2) is 4.98 Å². The van der Waals surface area contributed by atoms with Crippen molar-refractivity contribution in [3.05, 3.63) is 29.7 Å². The van der Waals surface area contributed by atoms with E-state index in [1.807, 2.05) is 0 Å². The van der Waals surface area contributed by atoms with Crippen molar-refractivity contribution in [1.29, 1.82) is 0 Å². The number of benzene rings is 1. The van der Waals surface area contributed by atoms with E-state index in [4.69, 9.17) is 9.40 Å². The third-order valence-corrected chi connectivity index (χ3v) is 4.10. The van der Waals surface area contributed by atoms with Crippen molar-refractivity contribution in [3.63, 3.8) is 0 Å². The minimum absolute atomic E-state index is 0.148. The molecule has 1 aliphatic heterocycles. The zero-order chi connectivity index (χ0) is 13.6. The van der Waals surface area contributed by atoms with Gasteiger partial charge in [-0.3, -0.25) is 0 Å². The third-order valence-electron chi connectivity index (χ3n) is 4.10. The van der Waals surface area contributed by atoms with E-state index in [-0.39, 0.29) is 5.41 Å². The summed E-state index contributed by atoms with van der Waals surface area (Å²) in [6, 6.07) is 6.36. The molecule has 1 aromatic carbocycles. The highest BCUT2D eigenvalue weighted by atomic mass is 16.3. The van der Waals surface area contributed by atoms with Gasteiger partial charge in [-0.05, 0) is 35.6 Å². The molecule has 19 heavy (non-hydrogen) atoms. The number of nitrogens with one attached hydrogen (secondary N) is 1. The summed E-state index contributed by atoms with van der Waals surface area (Å²) >= 11 is 0. The normalized spacial score (nSPS) is 24.2. The van der Waals surface area contributed by atoms with Crippen molar-refractivity contribution in [2.75, 3.05) is 13.1 Å². The first-order chi connectivity index (χ1) is 8.95. The lowest BCUT2D eigenvalue weighted by Gasteiger charge is -2.18. The van der Waals surface area contributed by atoms with E-state index in [0.29, 0.717) is 11.8 Å². The maximum absolute atomic E-state index is 5.94. The van der Waals surface area contributed by atoms with Crippen LogP contribution in [0, 0.1) is 5.92 Å². The van der Waals surface area contributed by atoms with Crippen molar-refractivity contribution in [3.8, 4) is 0 Å². The Morgan fingerprint density at radius 3 is 2.68 bits per heavy atom. The molecule has 0 spiro atoms. The van der Waals surface area contributed by atoms with Crippen LogP contribution in [0.4, 0.5) is 0 Å². The zero-order valence-corrected chi connectivity index (χ0v) is 12.2. The smallest absolute Gasteiger partial charge is 0.200 e. The van der Waals surface area contributed by atoms with E-state index in [0.717, 1.165) is 30.1 Å². The molecule has 2 atom stereocenters. The number of fused-ring (bicyclic) bond motifs is 1. The van der Waals surface area contributed by atoms with Gasteiger partial charge in [-0.2, -0.15) is 0 Å².